The van der Waals surface area contributed by atoms with E-state index >= 15 is 0 Å². The molecule has 1 aromatic carbocycles. The second-order valence-corrected chi connectivity index (χ2v) is 3.23. The van der Waals surface area contributed by atoms with Crippen LogP contribution in [-0.4, -0.2) is 5.11 Å². The fraction of sp³-hybridized carbons (Fsp3) is 0.333. The molecule has 0 aliphatic carbocycles. The molecular weight excluding hydrogens is 160 g/mol. The highest BCUT2D eigenvalue weighted by Gasteiger charge is 2.03. The molecule has 1 aromatic rings. The molecule has 0 aliphatic heterocycles. The molecule has 1 rings (SSSR count). The van der Waals surface area contributed by atoms with Gasteiger partial charge in [0.25, 0.3) is 0 Å². The Balaban J connectivity index is 2.66. The minimum absolute atomic E-state index is 0.364. The molecule has 0 aromatic heterocycles. The summed E-state index contributed by atoms with van der Waals surface area (Å²) in [7, 11) is 0. The smallest absolute Gasteiger partial charge is 0.0824 e. The Morgan fingerprint density at radius 1 is 1.31 bits per heavy atom. The van der Waals surface area contributed by atoms with Crippen molar-refractivity contribution in [2.24, 2.45) is 0 Å². The zero-order valence-corrected chi connectivity index (χ0v) is 8.20. The Morgan fingerprint density at radius 2 is 1.92 bits per heavy atom. The van der Waals surface area contributed by atoms with Crippen LogP contribution < -0.4 is 0 Å². The summed E-state index contributed by atoms with van der Waals surface area (Å²) >= 11 is 0. The van der Waals surface area contributed by atoms with Crippen LogP contribution in [0.5, 0.6) is 0 Å². The van der Waals surface area contributed by atoms with E-state index in [0.717, 1.165) is 5.56 Å². The van der Waals surface area contributed by atoms with Crippen molar-refractivity contribution >= 4 is 0 Å². The zero-order chi connectivity index (χ0) is 9.68. The first-order chi connectivity index (χ1) is 6.24. The van der Waals surface area contributed by atoms with Crippen molar-refractivity contribution in [1.29, 1.82) is 0 Å². The number of aryl methyl sites for hydroxylation is 1. The van der Waals surface area contributed by atoms with Crippen LogP contribution in [0.3, 0.4) is 0 Å². The number of hydrogen-bond donors (Lipinski definition) is 1. The summed E-state index contributed by atoms with van der Waals surface area (Å²) in [5.74, 6) is 0. The van der Waals surface area contributed by atoms with E-state index in [0.29, 0.717) is 6.42 Å². The average molecular weight is 176 g/mol. The molecule has 0 heterocycles. The maximum absolute atomic E-state index is 9.69. The van der Waals surface area contributed by atoms with E-state index in [1.807, 2.05) is 50.3 Å². The zero-order valence-electron chi connectivity index (χ0n) is 8.20. The van der Waals surface area contributed by atoms with Crippen molar-refractivity contribution in [1.82, 2.24) is 0 Å². The van der Waals surface area contributed by atoms with E-state index in [2.05, 4.69) is 0 Å². The molecule has 1 nitrogen and oxygen atoms in total. The molecule has 0 bridgehead atoms. The van der Waals surface area contributed by atoms with Gasteiger partial charge in [-0.15, -0.1) is 0 Å². The Hall–Kier alpha value is -1.08. The maximum Gasteiger partial charge on any atom is 0.0824 e. The predicted molar refractivity (Wildman–Crippen MR) is 55.6 cm³/mol. The fourth-order valence-corrected chi connectivity index (χ4v) is 1.19. The van der Waals surface area contributed by atoms with Crippen molar-refractivity contribution in [2.75, 3.05) is 0 Å². The summed E-state index contributed by atoms with van der Waals surface area (Å²) < 4.78 is 0. The van der Waals surface area contributed by atoms with Gasteiger partial charge in [-0.25, -0.2) is 0 Å². The molecule has 0 amide bonds. The quantitative estimate of drug-likeness (QED) is 0.702. The molecule has 0 radical (unpaired) electrons. The van der Waals surface area contributed by atoms with Gasteiger partial charge in [0.1, 0.15) is 0 Å². The van der Waals surface area contributed by atoms with Gasteiger partial charge in [0.2, 0.25) is 0 Å². The van der Waals surface area contributed by atoms with Crippen LogP contribution in [0.15, 0.2) is 36.4 Å². The summed E-state index contributed by atoms with van der Waals surface area (Å²) in [4.78, 5) is 0. The second kappa shape index (κ2) is 4.83. The lowest BCUT2D eigenvalue weighted by atomic mass is 10.1. The van der Waals surface area contributed by atoms with Crippen molar-refractivity contribution < 1.29 is 5.11 Å². The molecule has 0 fully saturated rings. The van der Waals surface area contributed by atoms with Crippen LogP contribution in [0.25, 0.3) is 0 Å². The number of benzene rings is 1. The van der Waals surface area contributed by atoms with E-state index in [4.69, 9.17) is 0 Å². The van der Waals surface area contributed by atoms with Crippen LogP contribution >= 0.6 is 0 Å². The van der Waals surface area contributed by atoms with E-state index in [9.17, 15) is 5.11 Å². The highest BCUT2D eigenvalue weighted by atomic mass is 16.3. The van der Waals surface area contributed by atoms with Gasteiger partial charge < -0.3 is 5.11 Å². The summed E-state index contributed by atoms with van der Waals surface area (Å²) in [6.07, 6.45) is 4.26. The van der Waals surface area contributed by atoms with Gasteiger partial charge in [-0.05, 0) is 25.8 Å². The Labute approximate surface area is 79.7 Å². The highest BCUT2D eigenvalue weighted by molar-refractivity contribution is 5.23. The first kappa shape index (κ1) is 10.0. The van der Waals surface area contributed by atoms with Crippen LogP contribution in [0.2, 0.25) is 0 Å². The molecule has 70 valence electrons. The van der Waals surface area contributed by atoms with Crippen LogP contribution in [-0.2, 0) is 0 Å². The second-order valence-electron chi connectivity index (χ2n) is 3.23. The molecule has 1 N–H and O–H groups in total. The number of aliphatic hydroxyl groups excluding tert-OH is 1. The first-order valence-corrected chi connectivity index (χ1v) is 4.60. The molecule has 1 atom stereocenters. The third kappa shape index (κ3) is 3.03. The SMILES string of the molecule is C/C=C/C[C@@H](O)c1ccc(C)cc1. The van der Waals surface area contributed by atoms with Crippen molar-refractivity contribution in [2.45, 2.75) is 26.4 Å². The van der Waals surface area contributed by atoms with Gasteiger partial charge in [0, 0.05) is 0 Å². The van der Waals surface area contributed by atoms with Gasteiger partial charge in [0.15, 0.2) is 0 Å². The normalized spacial score (nSPS) is 13.5. The molecule has 0 saturated heterocycles. The first-order valence-electron chi connectivity index (χ1n) is 4.60. The number of hydrogen-bond acceptors (Lipinski definition) is 1. The summed E-state index contributed by atoms with van der Waals surface area (Å²) in [5.41, 5.74) is 2.21. The Kier molecular flexibility index (Phi) is 3.71. The topological polar surface area (TPSA) is 20.2 Å². The summed E-state index contributed by atoms with van der Waals surface area (Å²) in [6, 6.07) is 8.00. The lowest BCUT2D eigenvalue weighted by Crippen LogP contribution is -1.94. The van der Waals surface area contributed by atoms with E-state index in [-0.39, 0.29) is 6.10 Å². The Bertz CT molecular complexity index is 272. The summed E-state index contributed by atoms with van der Waals surface area (Å²) in [5, 5.41) is 9.69. The van der Waals surface area contributed by atoms with Crippen LogP contribution in [0.1, 0.15) is 30.6 Å². The molecule has 0 saturated carbocycles. The van der Waals surface area contributed by atoms with Gasteiger partial charge in [-0.1, -0.05) is 42.0 Å². The molecular formula is C12H16O. The number of rotatable bonds is 3. The predicted octanol–water partition coefficient (Wildman–Crippen LogP) is 2.99. The molecule has 0 spiro atoms. The Morgan fingerprint density at radius 3 is 2.46 bits per heavy atom. The summed E-state index contributed by atoms with van der Waals surface area (Å²) in [6.45, 7) is 4.00. The minimum Gasteiger partial charge on any atom is -0.388 e. The maximum atomic E-state index is 9.69. The highest BCUT2D eigenvalue weighted by Crippen LogP contribution is 2.17. The molecule has 13 heavy (non-hydrogen) atoms. The van der Waals surface area contributed by atoms with E-state index in [1.54, 1.807) is 0 Å². The van der Waals surface area contributed by atoms with Gasteiger partial charge in [0.05, 0.1) is 6.10 Å². The minimum atomic E-state index is -0.364. The lowest BCUT2D eigenvalue weighted by Gasteiger charge is -2.07. The molecule has 0 unspecified atom stereocenters. The van der Waals surface area contributed by atoms with Gasteiger partial charge in [-0.3, -0.25) is 0 Å². The molecule has 0 aliphatic rings. The van der Waals surface area contributed by atoms with Gasteiger partial charge in [-0.2, -0.15) is 0 Å². The average Bonchev–Trinajstić information content (AvgIpc) is 2.15. The third-order valence-electron chi connectivity index (χ3n) is 2.06. The van der Waals surface area contributed by atoms with Crippen molar-refractivity contribution in [3.63, 3.8) is 0 Å². The van der Waals surface area contributed by atoms with Crippen LogP contribution in [0.4, 0.5) is 0 Å². The van der Waals surface area contributed by atoms with Crippen molar-refractivity contribution in [3.8, 4) is 0 Å². The fourth-order valence-electron chi connectivity index (χ4n) is 1.19. The lowest BCUT2D eigenvalue weighted by molar-refractivity contribution is 0.181. The van der Waals surface area contributed by atoms with E-state index in [1.165, 1.54) is 5.56 Å². The van der Waals surface area contributed by atoms with Gasteiger partial charge >= 0.3 is 0 Å². The van der Waals surface area contributed by atoms with Crippen LogP contribution in [0, 0.1) is 6.92 Å². The standard InChI is InChI=1S/C12H16O/c1-3-4-5-12(13)11-8-6-10(2)7-9-11/h3-4,6-9,12-13H,5H2,1-2H3/b4-3+/t12-/m1/s1. The number of allylic oxidation sites excluding steroid dienone is 1. The molecule has 1 heteroatoms. The monoisotopic (exact) mass is 176 g/mol. The van der Waals surface area contributed by atoms with E-state index < -0.39 is 0 Å². The largest absolute Gasteiger partial charge is 0.388 e. The number of aliphatic hydroxyl groups is 1. The van der Waals surface area contributed by atoms with Crippen molar-refractivity contribution in [3.05, 3.63) is 47.5 Å². The third-order valence-corrected chi connectivity index (χ3v) is 2.06.